The molecule has 2 aromatic rings. The molecule has 0 saturated carbocycles. The third-order valence-corrected chi connectivity index (χ3v) is 1.94. The monoisotopic (exact) mass is 217 g/mol. The first-order chi connectivity index (χ1) is 7.74. The van der Waals surface area contributed by atoms with Crippen molar-refractivity contribution in [2.24, 2.45) is 0 Å². The highest BCUT2D eigenvalue weighted by molar-refractivity contribution is 5.29. The maximum atomic E-state index is 12.5. The molecule has 81 valence electrons. The predicted molar refractivity (Wildman–Crippen MR) is 57.2 cm³/mol. The molecule has 0 spiro atoms. The molecule has 1 radical (unpaired) electrons. The van der Waals surface area contributed by atoms with Gasteiger partial charge in [0, 0.05) is 0 Å². The smallest absolute Gasteiger partial charge is 0.166 e. The number of hydrogen-bond acceptors (Lipinski definition) is 3. The van der Waals surface area contributed by atoms with Gasteiger partial charge < -0.3 is 4.74 Å². The maximum Gasteiger partial charge on any atom is 0.166 e. The average molecular weight is 217 g/mol. The van der Waals surface area contributed by atoms with Gasteiger partial charge >= 0.3 is 0 Å². The molecule has 4 heteroatoms. The van der Waals surface area contributed by atoms with E-state index in [-0.39, 0.29) is 6.61 Å². The Morgan fingerprint density at radius 1 is 1.25 bits per heavy atom. The second kappa shape index (κ2) is 4.70. The topological polar surface area (TPSA) is 35.0 Å². The minimum Gasteiger partial charge on any atom is -0.486 e. The second-order valence-corrected chi connectivity index (χ2v) is 3.25. The highest BCUT2D eigenvalue weighted by Gasteiger charge is 1.99. The summed E-state index contributed by atoms with van der Waals surface area (Å²) in [4.78, 5) is 7.58. The molecule has 0 aliphatic carbocycles. The number of rotatable bonds is 3. The van der Waals surface area contributed by atoms with Crippen LogP contribution in [0.2, 0.25) is 0 Å². The van der Waals surface area contributed by atoms with Gasteiger partial charge in [0.1, 0.15) is 12.4 Å². The molecule has 1 aromatic heterocycles. The van der Waals surface area contributed by atoms with Crippen LogP contribution in [0.4, 0.5) is 4.39 Å². The van der Waals surface area contributed by atoms with Crippen molar-refractivity contribution in [1.29, 1.82) is 0 Å². The summed E-state index contributed by atoms with van der Waals surface area (Å²) < 4.78 is 18.0. The highest BCUT2D eigenvalue weighted by Crippen LogP contribution is 2.13. The summed E-state index contributed by atoms with van der Waals surface area (Å²) in [7, 11) is 0. The van der Waals surface area contributed by atoms with Crippen molar-refractivity contribution in [3.8, 4) is 5.75 Å². The van der Waals surface area contributed by atoms with E-state index in [2.05, 4.69) is 16.9 Å². The molecule has 0 saturated heterocycles. The Bertz CT molecular complexity index is 471. The van der Waals surface area contributed by atoms with Gasteiger partial charge in [-0.2, -0.15) is 0 Å². The van der Waals surface area contributed by atoms with Crippen molar-refractivity contribution >= 4 is 0 Å². The van der Waals surface area contributed by atoms with Crippen molar-refractivity contribution in [3.05, 3.63) is 60.8 Å². The number of ether oxygens (including phenoxy) is 1. The van der Waals surface area contributed by atoms with E-state index in [9.17, 15) is 4.39 Å². The van der Waals surface area contributed by atoms with Crippen molar-refractivity contribution in [1.82, 2.24) is 9.97 Å². The number of hydrogen-bond donors (Lipinski definition) is 0. The van der Waals surface area contributed by atoms with Crippen LogP contribution in [-0.2, 0) is 6.61 Å². The van der Waals surface area contributed by atoms with Gasteiger partial charge in [0.15, 0.2) is 11.6 Å². The lowest BCUT2D eigenvalue weighted by Crippen LogP contribution is -2.01. The molecule has 1 aromatic carbocycles. The van der Waals surface area contributed by atoms with E-state index >= 15 is 0 Å². The number of nitrogens with zero attached hydrogens (tertiary/aromatic N) is 2. The summed E-state index contributed by atoms with van der Waals surface area (Å²) in [5, 5.41) is 0. The van der Waals surface area contributed by atoms with Crippen molar-refractivity contribution in [2.45, 2.75) is 6.61 Å². The van der Waals surface area contributed by atoms with E-state index in [0.29, 0.717) is 11.6 Å². The summed E-state index contributed by atoms with van der Waals surface area (Å²) in [5.41, 5.74) is 0.873. The molecular weight excluding hydrogens is 207 g/mol. The van der Waals surface area contributed by atoms with Gasteiger partial charge in [-0.05, 0) is 24.6 Å². The number of aromatic nitrogens is 2. The van der Waals surface area contributed by atoms with Crippen LogP contribution in [0.5, 0.6) is 5.75 Å². The Morgan fingerprint density at radius 2 is 2.00 bits per heavy atom. The lowest BCUT2D eigenvalue weighted by atomic mass is 10.2. The summed E-state index contributed by atoms with van der Waals surface area (Å²) in [6, 6.07) is 7.35. The van der Waals surface area contributed by atoms with Gasteiger partial charge in [-0.15, -0.1) is 0 Å². The van der Waals surface area contributed by atoms with Crippen molar-refractivity contribution in [2.75, 3.05) is 0 Å². The van der Waals surface area contributed by atoms with Crippen LogP contribution < -0.4 is 4.74 Å². The fourth-order valence-electron chi connectivity index (χ4n) is 1.20. The van der Waals surface area contributed by atoms with Gasteiger partial charge in [0.2, 0.25) is 0 Å². The molecular formula is C12H10FN2O. The number of benzene rings is 1. The quantitative estimate of drug-likeness (QED) is 0.791. The predicted octanol–water partition coefficient (Wildman–Crippen LogP) is 2.38. The van der Waals surface area contributed by atoms with Gasteiger partial charge in [-0.3, -0.25) is 0 Å². The van der Waals surface area contributed by atoms with Gasteiger partial charge in [0.05, 0.1) is 12.4 Å². The van der Waals surface area contributed by atoms with Gasteiger partial charge in [0.25, 0.3) is 0 Å². The average Bonchev–Trinajstić information content (AvgIpc) is 2.28. The summed E-state index contributed by atoms with van der Waals surface area (Å²) in [6.45, 7) is 4.00. The molecule has 0 N–H and O–H groups in total. The second-order valence-electron chi connectivity index (χ2n) is 3.25. The van der Waals surface area contributed by atoms with Crippen LogP contribution in [0.25, 0.3) is 0 Å². The molecule has 16 heavy (non-hydrogen) atoms. The SMILES string of the molecule is [CH2]c1cccc(OCc2ncc(F)cn2)c1. The lowest BCUT2D eigenvalue weighted by Gasteiger charge is -2.05. The van der Waals surface area contributed by atoms with Crippen LogP contribution >= 0.6 is 0 Å². The summed E-state index contributed by atoms with van der Waals surface area (Å²) >= 11 is 0. The van der Waals surface area contributed by atoms with E-state index in [1.807, 2.05) is 24.3 Å². The Morgan fingerprint density at radius 3 is 2.69 bits per heavy atom. The molecule has 0 fully saturated rings. The van der Waals surface area contributed by atoms with Crippen LogP contribution in [-0.4, -0.2) is 9.97 Å². The molecule has 0 aliphatic heterocycles. The van der Waals surface area contributed by atoms with Crippen LogP contribution in [0.3, 0.4) is 0 Å². The van der Waals surface area contributed by atoms with E-state index in [1.54, 1.807) is 0 Å². The Hall–Kier alpha value is -1.97. The minimum atomic E-state index is -0.455. The first-order valence-corrected chi connectivity index (χ1v) is 4.75. The molecule has 0 aliphatic rings. The molecule has 3 nitrogen and oxygen atoms in total. The normalized spacial score (nSPS) is 10.1. The first kappa shape index (κ1) is 10.5. The Labute approximate surface area is 92.9 Å². The first-order valence-electron chi connectivity index (χ1n) is 4.75. The lowest BCUT2D eigenvalue weighted by molar-refractivity contribution is 0.295. The van der Waals surface area contributed by atoms with Crippen molar-refractivity contribution in [3.63, 3.8) is 0 Å². The zero-order valence-electron chi connectivity index (χ0n) is 8.56. The fourth-order valence-corrected chi connectivity index (χ4v) is 1.20. The third-order valence-electron chi connectivity index (χ3n) is 1.94. The standard InChI is InChI=1S/C12H10FN2O/c1-9-3-2-4-11(5-9)16-8-12-14-6-10(13)7-15-12/h2-7H,1,8H2. The maximum absolute atomic E-state index is 12.5. The molecule has 0 unspecified atom stereocenters. The largest absolute Gasteiger partial charge is 0.486 e. The minimum absolute atomic E-state index is 0.212. The highest BCUT2D eigenvalue weighted by atomic mass is 19.1. The zero-order valence-corrected chi connectivity index (χ0v) is 8.56. The molecule has 0 bridgehead atoms. The third kappa shape index (κ3) is 2.76. The summed E-state index contributed by atoms with van der Waals surface area (Å²) in [5.74, 6) is 0.680. The van der Waals surface area contributed by atoms with E-state index in [4.69, 9.17) is 4.74 Å². The number of halogens is 1. The molecule has 0 amide bonds. The van der Waals surface area contributed by atoms with E-state index < -0.39 is 5.82 Å². The van der Waals surface area contributed by atoms with Crippen LogP contribution in [0.1, 0.15) is 11.4 Å². The van der Waals surface area contributed by atoms with Crippen LogP contribution in [0, 0.1) is 12.7 Å². The van der Waals surface area contributed by atoms with Gasteiger partial charge in [-0.1, -0.05) is 12.1 Å². The Balaban J connectivity index is 1.99. The van der Waals surface area contributed by atoms with E-state index in [0.717, 1.165) is 18.0 Å². The van der Waals surface area contributed by atoms with Gasteiger partial charge in [-0.25, -0.2) is 14.4 Å². The molecule has 0 atom stereocenters. The fraction of sp³-hybridized carbons (Fsp3) is 0.0833. The van der Waals surface area contributed by atoms with Crippen molar-refractivity contribution < 1.29 is 9.13 Å². The summed E-state index contributed by atoms with van der Waals surface area (Å²) in [6.07, 6.45) is 2.23. The van der Waals surface area contributed by atoms with E-state index in [1.165, 1.54) is 0 Å². The van der Waals surface area contributed by atoms with Crippen LogP contribution in [0.15, 0.2) is 36.7 Å². The zero-order chi connectivity index (χ0) is 11.4. The Kier molecular flexibility index (Phi) is 3.10. The molecule has 2 rings (SSSR count). The molecule has 1 heterocycles.